The van der Waals surface area contributed by atoms with Gasteiger partial charge in [0, 0.05) is 25.5 Å². The van der Waals surface area contributed by atoms with E-state index in [1.54, 1.807) is 6.07 Å². The van der Waals surface area contributed by atoms with Crippen LogP contribution in [0.15, 0.2) is 16.9 Å². The van der Waals surface area contributed by atoms with Gasteiger partial charge in [-0.25, -0.2) is 0 Å². The van der Waals surface area contributed by atoms with Crippen molar-refractivity contribution < 1.29 is 9.32 Å². The Hall–Kier alpha value is -1.16. The Morgan fingerprint density at radius 1 is 1.67 bits per heavy atom. The SMILES string of the molecule is O=C1CCNC(c2ccon2)C1. The fraction of sp³-hybridized carbons (Fsp3) is 0.500. The Morgan fingerprint density at radius 3 is 3.25 bits per heavy atom. The largest absolute Gasteiger partial charge is 0.364 e. The van der Waals surface area contributed by atoms with E-state index in [2.05, 4.69) is 10.5 Å². The molecule has 1 saturated heterocycles. The summed E-state index contributed by atoms with van der Waals surface area (Å²) in [5.41, 5.74) is 0.822. The Balaban J connectivity index is 2.09. The summed E-state index contributed by atoms with van der Waals surface area (Å²) in [6.45, 7) is 0.746. The first kappa shape index (κ1) is 7.49. The summed E-state index contributed by atoms with van der Waals surface area (Å²) >= 11 is 0. The molecule has 0 spiro atoms. The van der Waals surface area contributed by atoms with Crippen molar-refractivity contribution in [3.63, 3.8) is 0 Å². The van der Waals surface area contributed by atoms with E-state index in [-0.39, 0.29) is 6.04 Å². The third-order valence-corrected chi connectivity index (χ3v) is 2.04. The summed E-state index contributed by atoms with van der Waals surface area (Å²) < 4.78 is 4.70. The van der Waals surface area contributed by atoms with Crippen molar-refractivity contribution in [3.05, 3.63) is 18.0 Å². The van der Waals surface area contributed by atoms with Crippen molar-refractivity contribution in [2.45, 2.75) is 18.9 Å². The van der Waals surface area contributed by atoms with Crippen LogP contribution in [0.4, 0.5) is 0 Å². The highest BCUT2D eigenvalue weighted by atomic mass is 16.5. The smallest absolute Gasteiger partial charge is 0.136 e. The van der Waals surface area contributed by atoms with Crippen molar-refractivity contribution in [3.8, 4) is 0 Å². The highest BCUT2D eigenvalue weighted by Gasteiger charge is 2.21. The summed E-state index contributed by atoms with van der Waals surface area (Å²) in [5, 5.41) is 6.99. The molecule has 2 rings (SSSR count). The minimum absolute atomic E-state index is 0.0602. The van der Waals surface area contributed by atoms with E-state index in [1.807, 2.05) is 0 Å². The van der Waals surface area contributed by atoms with Crippen LogP contribution < -0.4 is 5.32 Å². The zero-order valence-electron chi connectivity index (χ0n) is 6.62. The molecular weight excluding hydrogens is 156 g/mol. The summed E-state index contributed by atoms with van der Waals surface area (Å²) in [6, 6.07) is 1.85. The second-order valence-corrected chi connectivity index (χ2v) is 2.92. The second kappa shape index (κ2) is 3.06. The van der Waals surface area contributed by atoms with Crippen molar-refractivity contribution in [1.82, 2.24) is 10.5 Å². The molecule has 1 aliphatic heterocycles. The van der Waals surface area contributed by atoms with Gasteiger partial charge < -0.3 is 9.84 Å². The van der Waals surface area contributed by atoms with Crippen LogP contribution in [0.5, 0.6) is 0 Å². The number of hydrogen-bond donors (Lipinski definition) is 1. The quantitative estimate of drug-likeness (QED) is 0.666. The third kappa shape index (κ3) is 1.38. The number of carbonyl (C=O) groups excluding carboxylic acids is 1. The molecule has 1 aromatic heterocycles. The molecular formula is C8H10N2O2. The Morgan fingerprint density at radius 2 is 2.58 bits per heavy atom. The highest BCUT2D eigenvalue weighted by Crippen LogP contribution is 2.18. The third-order valence-electron chi connectivity index (χ3n) is 2.04. The molecule has 2 heterocycles. The average molecular weight is 166 g/mol. The number of nitrogens with zero attached hydrogens (tertiary/aromatic N) is 1. The molecule has 0 bridgehead atoms. The number of rotatable bonds is 1. The Bertz CT molecular complexity index is 269. The molecule has 0 radical (unpaired) electrons. The van der Waals surface area contributed by atoms with E-state index in [4.69, 9.17) is 4.52 Å². The van der Waals surface area contributed by atoms with Crippen molar-refractivity contribution in [2.24, 2.45) is 0 Å². The van der Waals surface area contributed by atoms with E-state index in [0.29, 0.717) is 18.6 Å². The lowest BCUT2D eigenvalue weighted by Gasteiger charge is -2.19. The Labute approximate surface area is 69.9 Å². The number of piperidine rings is 1. The number of carbonyl (C=O) groups is 1. The maximum atomic E-state index is 11.1. The van der Waals surface area contributed by atoms with Crippen LogP contribution in [-0.4, -0.2) is 17.5 Å². The molecule has 0 amide bonds. The minimum Gasteiger partial charge on any atom is -0.364 e. The molecule has 0 aliphatic carbocycles. The second-order valence-electron chi connectivity index (χ2n) is 2.92. The number of aromatic nitrogens is 1. The molecule has 1 unspecified atom stereocenters. The van der Waals surface area contributed by atoms with E-state index in [9.17, 15) is 4.79 Å². The van der Waals surface area contributed by atoms with Gasteiger partial charge in [-0.15, -0.1) is 0 Å². The van der Waals surface area contributed by atoms with Crippen LogP contribution in [0.2, 0.25) is 0 Å². The van der Waals surface area contributed by atoms with Gasteiger partial charge >= 0.3 is 0 Å². The Kier molecular flexibility index (Phi) is 1.91. The summed E-state index contributed by atoms with van der Waals surface area (Å²) in [4.78, 5) is 11.1. The highest BCUT2D eigenvalue weighted by molar-refractivity contribution is 5.80. The molecule has 4 heteroatoms. The molecule has 1 fully saturated rings. The van der Waals surface area contributed by atoms with Crippen molar-refractivity contribution in [2.75, 3.05) is 6.54 Å². The first-order valence-electron chi connectivity index (χ1n) is 4.01. The lowest BCUT2D eigenvalue weighted by atomic mass is 10.0. The predicted octanol–water partition coefficient (Wildman–Crippen LogP) is 0.668. The standard InChI is InChI=1S/C8H10N2O2/c11-6-1-3-9-8(5-6)7-2-4-12-10-7/h2,4,8-9H,1,3,5H2. The van der Waals surface area contributed by atoms with Gasteiger partial charge in [0.05, 0.1) is 6.04 Å². The van der Waals surface area contributed by atoms with Crippen molar-refractivity contribution >= 4 is 5.78 Å². The van der Waals surface area contributed by atoms with E-state index in [1.165, 1.54) is 6.26 Å². The molecule has 0 aromatic carbocycles. The number of nitrogens with one attached hydrogen (secondary N) is 1. The monoisotopic (exact) mass is 166 g/mol. The molecule has 1 atom stereocenters. The molecule has 1 aromatic rings. The van der Waals surface area contributed by atoms with Gasteiger partial charge in [0.1, 0.15) is 17.7 Å². The minimum atomic E-state index is 0.0602. The topological polar surface area (TPSA) is 55.1 Å². The van der Waals surface area contributed by atoms with Crippen LogP contribution in [0.1, 0.15) is 24.6 Å². The fourth-order valence-corrected chi connectivity index (χ4v) is 1.40. The zero-order valence-corrected chi connectivity index (χ0v) is 6.62. The maximum Gasteiger partial charge on any atom is 0.136 e. The van der Waals surface area contributed by atoms with Crippen LogP contribution in [0, 0.1) is 0 Å². The summed E-state index contributed by atoms with van der Waals surface area (Å²) in [5.74, 6) is 0.293. The normalized spacial score (nSPS) is 24.3. The van der Waals surface area contributed by atoms with Gasteiger partial charge in [-0.3, -0.25) is 4.79 Å². The fourth-order valence-electron chi connectivity index (χ4n) is 1.40. The average Bonchev–Trinajstić information content (AvgIpc) is 2.56. The summed E-state index contributed by atoms with van der Waals surface area (Å²) in [6.07, 6.45) is 2.69. The lowest BCUT2D eigenvalue weighted by Crippen LogP contribution is -2.31. The van der Waals surface area contributed by atoms with Gasteiger partial charge in [0.25, 0.3) is 0 Å². The van der Waals surface area contributed by atoms with Crippen LogP contribution in [0.3, 0.4) is 0 Å². The molecule has 12 heavy (non-hydrogen) atoms. The van der Waals surface area contributed by atoms with Gasteiger partial charge in [-0.1, -0.05) is 5.16 Å². The number of ketones is 1. The summed E-state index contributed by atoms with van der Waals surface area (Å²) in [7, 11) is 0. The molecule has 4 nitrogen and oxygen atoms in total. The molecule has 64 valence electrons. The first-order valence-corrected chi connectivity index (χ1v) is 4.01. The first-order chi connectivity index (χ1) is 5.86. The molecule has 1 N–H and O–H groups in total. The van der Waals surface area contributed by atoms with Gasteiger partial charge in [-0.05, 0) is 0 Å². The number of Topliss-reactive ketones (excluding diaryl/α,β-unsaturated/α-hetero) is 1. The van der Waals surface area contributed by atoms with Gasteiger partial charge in [0.2, 0.25) is 0 Å². The van der Waals surface area contributed by atoms with Gasteiger partial charge in [0.15, 0.2) is 0 Å². The van der Waals surface area contributed by atoms with Gasteiger partial charge in [-0.2, -0.15) is 0 Å². The van der Waals surface area contributed by atoms with Crippen LogP contribution in [0.25, 0.3) is 0 Å². The molecule has 0 saturated carbocycles. The van der Waals surface area contributed by atoms with Crippen molar-refractivity contribution in [1.29, 1.82) is 0 Å². The maximum absolute atomic E-state index is 11.1. The zero-order chi connectivity index (χ0) is 8.39. The van der Waals surface area contributed by atoms with Crippen LogP contribution in [-0.2, 0) is 4.79 Å². The van der Waals surface area contributed by atoms with E-state index < -0.39 is 0 Å². The predicted molar refractivity (Wildman–Crippen MR) is 41.5 cm³/mol. The number of hydrogen-bond acceptors (Lipinski definition) is 4. The van der Waals surface area contributed by atoms with E-state index >= 15 is 0 Å². The van der Waals surface area contributed by atoms with E-state index in [0.717, 1.165) is 12.2 Å². The lowest BCUT2D eigenvalue weighted by molar-refractivity contribution is -0.120. The molecule has 1 aliphatic rings. The van der Waals surface area contributed by atoms with Crippen LogP contribution >= 0.6 is 0 Å².